The highest BCUT2D eigenvalue weighted by Crippen LogP contribution is 2.14. The van der Waals surface area contributed by atoms with Gasteiger partial charge >= 0.3 is 0 Å². The highest BCUT2D eigenvalue weighted by atomic mass is 16.2. The first-order chi connectivity index (χ1) is 7.00. The van der Waals surface area contributed by atoms with Crippen molar-refractivity contribution in [1.29, 1.82) is 0 Å². The Kier molecular flexibility index (Phi) is 3.44. The minimum atomic E-state index is -0.194. The number of hydrazone groups is 1. The van der Waals surface area contributed by atoms with Gasteiger partial charge in [-0.2, -0.15) is 5.10 Å². The molecule has 0 aliphatic rings. The number of benzene rings is 1. The van der Waals surface area contributed by atoms with Crippen molar-refractivity contribution >= 4 is 17.3 Å². The van der Waals surface area contributed by atoms with Crippen LogP contribution in [-0.4, -0.2) is 11.6 Å². The second-order valence-corrected chi connectivity index (χ2v) is 3.46. The van der Waals surface area contributed by atoms with Gasteiger partial charge in [-0.3, -0.25) is 4.79 Å². The van der Waals surface area contributed by atoms with Crippen LogP contribution in [0.4, 0.5) is 5.69 Å². The molecule has 0 unspecified atom stereocenters. The van der Waals surface area contributed by atoms with E-state index in [1.165, 1.54) is 6.92 Å². The van der Waals surface area contributed by atoms with Gasteiger partial charge < -0.3 is 5.73 Å². The van der Waals surface area contributed by atoms with Gasteiger partial charge in [0.15, 0.2) is 0 Å². The number of anilines is 1. The lowest BCUT2D eigenvalue weighted by Gasteiger charge is -2.06. The quantitative estimate of drug-likeness (QED) is 0.436. The van der Waals surface area contributed by atoms with Gasteiger partial charge in [-0.25, -0.2) is 5.43 Å². The van der Waals surface area contributed by atoms with E-state index in [-0.39, 0.29) is 5.91 Å². The number of hydrogen-bond donors (Lipinski definition) is 2. The van der Waals surface area contributed by atoms with E-state index >= 15 is 0 Å². The summed E-state index contributed by atoms with van der Waals surface area (Å²) in [5, 5.41) is 3.93. The minimum absolute atomic E-state index is 0.194. The SMILES string of the molecule is CC(=O)N/N=C(\C)c1cc(C)ccc1N. The molecule has 4 nitrogen and oxygen atoms in total. The summed E-state index contributed by atoms with van der Waals surface area (Å²) >= 11 is 0. The summed E-state index contributed by atoms with van der Waals surface area (Å²) in [6, 6.07) is 5.71. The number of nitrogen functional groups attached to an aromatic ring is 1. The third kappa shape index (κ3) is 3.09. The van der Waals surface area contributed by atoms with Crippen molar-refractivity contribution in [3.8, 4) is 0 Å². The molecule has 0 saturated carbocycles. The summed E-state index contributed by atoms with van der Waals surface area (Å²) < 4.78 is 0. The molecule has 4 heteroatoms. The van der Waals surface area contributed by atoms with E-state index in [0.29, 0.717) is 11.4 Å². The molecule has 0 spiro atoms. The second-order valence-electron chi connectivity index (χ2n) is 3.46. The highest BCUT2D eigenvalue weighted by Gasteiger charge is 2.03. The van der Waals surface area contributed by atoms with E-state index in [1.807, 2.05) is 25.1 Å². The Hall–Kier alpha value is -1.84. The fourth-order valence-corrected chi connectivity index (χ4v) is 1.21. The van der Waals surface area contributed by atoms with Crippen molar-refractivity contribution in [1.82, 2.24) is 5.43 Å². The topological polar surface area (TPSA) is 67.5 Å². The van der Waals surface area contributed by atoms with Crippen LogP contribution in [-0.2, 0) is 4.79 Å². The van der Waals surface area contributed by atoms with Gasteiger partial charge in [0.25, 0.3) is 0 Å². The van der Waals surface area contributed by atoms with Gasteiger partial charge in [0.2, 0.25) is 5.91 Å². The fraction of sp³-hybridized carbons (Fsp3) is 0.273. The van der Waals surface area contributed by atoms with Crippen molar-refractivity contribution in [2.24, 2.45) is 5.10 Å². The Bertz CT molecular complexity index is 410. The van der Waals surface area contributed by atoms with E-state index < -0.39 is 0 Å². The van der Waals surface area contributed by atoms with Crippen molar-refractivity contribution < 1.29 is 4.79 Å². The van der Waals surface area contributed by atoms with Crippen molar-refractivity contribution in [3.05, 3.63) is 29.3 Å². The van der Waals surface area contributed by atoms with E-state index in [0.717, 1.165) is 11.1 Å². The smallest absolute Gasteiger partial charge is 0.236 e. The summed E-state index contributed by atoms with van der Waals surface area (Å²) in [6.45, 7) is 5.20. The molecule has 1 aromatic carbocycles. The van der Waals surface area contributed by atoms with Crippen molar-refractivity contribution in [2.45, 2.75) is 20.8 Å². The molecule has 0 fully saturated rings. The highest BCUT2D eigenvalue weighted by molar-refractivity contribution is 6.03. The first kappa shape index (κ1) is 11.2. The summed E-state index contributed by atoms with van der Waals surface area (Å²) in [5.74, 6) is -0.194. The number of nitrogens with one attached hydrogen (secondary N) is 1. The average Bonchev–Trinajstić information content (AvgIpc) is 2.18. The first-order valence-corrected chi connectivity index (χ1v) is 4.68. The van der Waals surface area contributed by atoms with Gasteiger partial charge in [-0.05, 0) is 26.0 Å². The molecule has 1 amide bonds. The monoisotopic (exact) mass is 205 g/mol. The Morgan fingerprint density at radius 1 is 1.40 bits per heavy atom. The third-order valence-electron chi connectivity index (χ3n) is 1.98. The van der Waals surface area contributed by atoms with Crippen LogP contribution < -0.4 is 11.2 Å². The Morgan fingerprint density at radius 2 is 2.07 bits per heavy atom. The maximum Gasteiger partial charge on any atom is 0.236 e. The molecule has 0 bridgehead atoms. The van der Waals surface area contributed by atoms with Crippen LogP contribution in [0.2, 0.25) is 0 Å². The second kappa shape index (κ2) is 4.59. The predicted octanol–water partition coefficient (Wildman–Crippen LogP) is 1.44. The largest absolute Gasteiger partial charge is 0.398 e. The molecule has 80 valence electrons. The molecule has 3 N–H and O–H groups in total. The maximum atomic E-state index is 10.7. The average molecular weight is 205 g/mol. The van der Waals surface area contributed by atoms with Crippen LogP contribution in [0.5, 0.6) is 0 Å². The van der Waals surface area contributed by atoms with Crippen LogP contribution in [0.15, 0.2) is 23.3 Å². The lowest BCUT2D eigenvalue weighted by Crippen LogP contribution is -2.15. The molecule has 0 aromatic heterocycles. The van der Waals surface area contributed by atoms with Crippen molar-refractivity contribution in [2.75, 3.05) is 5.73 Å². The van der Waals surface area contributed by atoms with Gasteiger partial charge in [-0.1, -0.05) is 11.6 Å². The maximum absolute atomic E-state index is 10.7. The number of nitrogens with two attached hydrogens (primary N) is 1. The zero-order valence-corrected chi connectivity index (χ0v) is 9.16. The van der Waals surface area contributed by atoms with Gasteiger partial charge in [-0.15, -0.1) is 0 Å². The lowest BCUT2D eigenvalue weighted by atomic mass is 10.1. The lowest BCUT2D eigenvalue weighted by molar-refractivity contribution is -0.118. The number of amides is 1. The molecule has 0 aliphatic heterocycles. The van der Waals surface area contributed by atoms with Gasteiger partial charge in [0.05, 0.1) is 5.71 Å². The molecule has 0 saturated heterocycles. The number of nitrogens with zero attached hydrogens (tertiary/aromatic N) is 1. The molecule has 1 aromatic rings. The Balaban J connectivity index is 2.99. The normalized spacial score (nSPS) is 11.3. The van der Waals surface area contributed by atoms with Crippen LogP contribution in [0.3, 0.4) is 0 Å². The van der Waals surface area contributed by atoms with Gasteiger partial charge in [0.1, 0.15) is 0 Å². The van der Waals surface area contributed by atoms with E-state index in [1.54, 1.807) is 6.92 Å². The third-order valence-corrected chi connectivity index (χ3v) is 1.98. The molecule has 0 heterocycles. The Labute approximate surface area is 89.2 Å². The molecular weight excluding hydrogens is 190 g/mol. The van der Waals surface area contributed by atoms with Gasteiger partial charge in [0, 0.05) is 18.2 Å². The van der Waals surface area contributed by atoms with Crippen LogP contribution >= 0.6 is 0 Å². The zero-order chi connectivity index (χ0) is 11.4. The first-order valence-electron chi connectivity index (χ1n) is 4.68. The van der Waals surface area contributed by atoms with Crippen molar-refractivity contribution in [3.63, 3.8) is 0 Å². The van der Waals surface area contributed by atoms with E-state index in [2.05, 4.69) is 10.5 Å². The summed E-state index contributed by atoms with van der Waals surface area (Å²) in [5.41, 5.74) is 11.5. The summed E-state index contributed by atoms with van der Waals surface area (Å²) in [7, 11) is 0. The number of rotatable bonds is 2. The molecular formula is C11H15N3O. The van der Waals surface area contributed by atoms with Crippen LogP contribution in [0.1, 0.15) is 25.0 Å². The van der Waals surface area contributed by atoms with Crippen LogP contribution in [0.25, 0.3) is 0 Å². The minimum Gasteiger partial charge on any atom is -0.398 e. The Morgan fingerprint density at radius 3 is 2.67 bits per heavy atom. The zero-order valence-electron chi connectivity index (χ0n) is 9.16. The number of carbonyl (C=O) groups excluding carboxylic acids is 1. The predicted molar refractivity (Wildman–Crippen MR) is 61.6 cm³/mol. The molecule has 15 heavy (non-hydrogen) atoms. The molecule has 0 atom stereocenters. The number of carbonyl (C=O) groups is 1. The van der Waals surface area contributed by atoms with E-state index in [4.69, 9.17) is 5.73 Å². The molecule has 1 rings (SSSR count). The molecule has 0 radical (unpaired) electrons. The van der Waals surface area contributed by atoms with E-state index in [9.17, 15) is 4.79 Å². The number of aryl methyl sites for hydroxylation is 1. The van der Waals surface area contributed by atoms with Crippen LogP contribution in [0, 0.1) is 6.92 Å². The standard InChI is InChI=1S/C11H15N3O/c1-7-4-5-11(12)10(6-7)8(2)13-14-9(3)15/h4-6H,12H2,1-3H3,(H,14,15)/b13-8+. The number of hydrogen-bond acceptors (Lipinski definition) is 3. The summed E-state index contributed by atoms with van der Waals surface area (Å²) in [6.07, 6.45) is 0. The summed E-state index contributed by atoms with van der Waals surface area (Å²) in [4.78, 5) is 10.7. The molecule has 0 aliphatic carbocycles. The fourth-order valence-electron chi connectivity index (χ4n) is 1.21.